The van der Waals surface area contributed by atoms with Crippen molar-refractivity contribution in [2.45, 2.75) is 5.38 Å². The Labute approximate surface area is 108 Å². The van der Waals surface area contributed by atoms with Gasteiger partial charge >= 0.3 is 0 Å². The van der Waals surface area contributed by atoms with Crippen molar-refractivity contribution in [2.24, 2.45) is 0 Å². The summed E-state index contributed by atoms with van der Waals surface area (Å²) in [6.07, 6.45) is 3.54. The predicted molar refractivity (Wildman–Crippen MR) is 71.6 cm³/mol. The summed E-state index contributed by atoms with van der Waals surface area (Å²) in [7, 11) is 0. The minimum atomic E-state index is -0.186. The molecular formula is C13H9ClN2S. The van der Waals surface area contributed by atoms with Crippen molar-refractivity contribution >= 4 is 33.2 Å². The van der Waals surface area contributed by atoms with Gasteiger partial charge in [-0.05, 0) is 11.6 Å². The fourth-order valence-corrected chi connectivity index (χ4v) is 2.94. The van der Waals surface area contributed by atoms with E-state index in [1.54, 1.807) is 23.7 Å². The number of thiazole rings is 1. The van der Waals surface area contributed by atoms with E-state index in [-0.39, 0.29) is 5.38 Å². The lowest BCUT2D eigenvalue weighted by atomic mass is 10.1. The first kappa shape index (κ1) is 10.7. The Morgan fingerprint density at radius 2 is 1.94 bits per heavy atom. The Bertz CT molecular complexity index is 603. The van der Waals surface area contributed by atoms with E-state index in [0.717, 1.165) is 20.8 Å². The quantitative estimate of drug-likeness (QED) is 0.651. The van der Waals surface area contributed by atoms with Crippen LogP contribution in [0.3, 0.4) is 0 Å². The smallest absolute Gasteiger partial charge is 0.116 e. The molecule has 0 spiro atoms. The summed E-state index contributed by atoms with van der Waals surface area (Å²) in [5, 5.41) is 0.731. The molecule has 3 rings (SSSR count). The molecule has 0 amide bonds. The van der Waals surface area contributed by atoms with Gasteiger partial charge in [-0.25, -0.2) is 4.98 Å². The number of aromatic nitrogens is 2. The first-order valence-electron chi connectivity index (χ1n) is 5.24. The highest BCUT2D eigenvalue weighted by atomic mass is 35.5. The molecule has 0 saturated heterocycles. The lowest BCUT2D eigenvalue weighted by Crippen LogP contribution is -1.91. The van der Waals surface area contributed by atoms with Crippen molar-refractivity contribution in [1.29, 1.82) is 0 Å². The van der Waals surface area contributed by atoms with Gasteiger partial charge in [-0.3, -0.25) is 4.98 Å². The molecule has 2 aromatic heterocycles. The van der Waals surface area contributed by atoms with Gasteiger partial charge in [0.25, 0.3) is 0 Å². The van der Waals surface area contributed by atoms with Crippen LogP contribution < -0.4 is 0 Å². The van der Waals surface area contributed by atoms with Gasteiger partial charge in [0.05, 0.1) is 16.4 Å². The van der Waals surface area contributed by atoms with E-state index in [0.29, 0.717) is 0 Å². The molecule has 0 saturated carbocycles. The summed E-state index contributed by atoms with van der Waals surface area (Å²) >= 11 is 8.05. The maximum atomic E-state index is 6.43. The number of nitrogens with zero attached hydrogens (tertiary/aromatic N) is 2. The molecule has 2 nitrogen and oxygen atoms in total. The van der Waals surface area contributed by atoms with E-state index in [4.69, 9.17) is 11.6 Å². The molecule has 3 aromatic rings. The van der Waals surface area contributed by atoms with Crippen LogP contribution in [0.15, 0.2) is 48.8 Å². The molecule has 17 heavy (non-hydrogen) atoms. The van der Waals surface area contributed by atoms with E-state index in [2.05, 4.69) is 9.97 Å². The fraction of sp³-hybridized carbons (Fsp3) is 0.0769. The van der Waals surface area contributed by atoms with Gasteiger partial charge in [-0.15, -0.1) is 22.9 Å². The van der Waals surface area contributed by atoms with Crippen LogP contribution in [0.25, 0.3) is 10.2 Å². The van der Waals surface area contributed by atoms with E-state index in [1.807, 2.05) is 36.4 Å². The number of fused-ring (bicyclic) bond motifs is 1. The number of alkyl halides is 1. The summed E-state index contributed by atoms with van der Waals surface area (Å²) in [6.45, 7) is 0. The molecule has 1 aromatic carbocycles. The monoisotopic (exact) mass is 260 g/mol. The van der Waals surface area contributed by atoms with Crippen molar-refractivity contribution < 1.29 is 0 Å². The predicted octanol–water partition coefficient (Wildman–Crippen LogP) is 4.02. The van der Waals surface area contributed by atoms with Crippen molar-refractivity contribution in [2.75, 3.05) is 0 Å². The second-order valence-electron chi connectivity index (χ2n) is 3.67. The third-order valence-electron chi connectivity index (χ3n) is 2.52. The van der Waals surface area contributed by atoms with Crippen LogP contribution in [0, 0.1) is 0 Å². The van der Waals surface area contributed by atoms with Crippen molar-refractivity contribution in [1.82, 2.24) is 9.97 Å². The van der Waals surface area contributed by atoms with Crippen LogP contribution in [0.4, 0.5) is 0 Å². The first-order valence-corrected chi connectivity index (χ1v) is 6.49. The zero-order valence-corrected chi connectivity index (χ0v) is 10.4. The van der Waals surface area contributed by atoms with E-state index >= 15 is 0 Å². The molecule has 0 N–H and O–H groups in total. The van der Waals surface area contributed by atoms with Crippen LogP contribution >= 0.6 is 22.9 Å². The number of benzene rings is 1. The maximum Gasteiger partial charge on any atom is 0.116 e. The van der Waals surface area contributed by atoms with Crippen LogP contribution in [0.2, 0.25) is 0 Å². The molecule has 0 aliphatic heterocycles. The number of hydrogen-bond acceptors (Lipinski definition) is 3. The number of pyridine rings is 1. The summed E-state index contributed by atoms with van der Waals surface area (Å²) in [5.41, 5.74) is 1.98. The fourth-order valence-electron chi connectivity index (χ4n) is 1.67. The first-order chi connectivity index (χ1) is 8.34. The molecule has 2 heterocycles. The second kappa shape index (κ2) is 4.43. The molecule has 0 aliphatic carbocycles. The van der Waals surface area contributed by atoms with Crippen LogP contribution in [-0.4, -0.2) is 9.97 Å². The van der Waals surface area contributed by atoms with Gasteiger partial charge in [-0.2, -0.15) is 0 Å². The van der Waals surface area contributed by atoms with E-state index in [1.165, 1.54) is 0 Å². The lowest BCUT2D eigenvalue weighted by molar-refractivity contribution is 1.11. The second-order valence-corrected chi connectivity index (χ2v) is 5.17. The molecule has 1 atom stereocenters. The van der Waals surface area contributed by atoms with Gasteiger partial charge in [-0.1, -0.05) is 30.3 Å². The topological polar surface area (TPSA) is 25.8 Å². The average Bonchev–Trinajstić information content (AvgIpc) is 2.82. The van der Waals surface area contributed by atoms with E-state index in [9.17, 15) is 0 Å². The highest BCUT2D eigenvalue weighted by Gasteiger charge is 2.15. The minimum absolute atomic E-state index is 0.186. The highest BCUT2D eigenvalue weighted by molar-refractivity contribution is 7.18. The zero-order chi connectivity index (χ0) is 11.7. The molecule has 84 valence electrons. The lowest BCUT2D eigenvalue weighted by Gasteiger charge is -2.05. The maximum absolute atomic E-state index is 6.43. The Morgan fingerprint density at radius 3 is 2.71 bits per heavy atom. The van der Waals surface area contributed by atoms with Crippen LogP contribution in [-0.2, 0) is 0 Å². The van der Waals surface area contributed by atoms with Crippen LogP contribution in [0.5, 0.6) is 0 Å². The van der Waals surface area contributed by atoms with Crippen molar-refractivity contribution in [3.63, 3.8) is 0 Å². The summed E-state index contributed by atoms with van der Waals surface area (Å²) in [4.78, 5) is 8.57. The Morgan fingerprint density at radius 1 is 1.12 bits per heavy atom. The molecule has 4 heteroatoms. The van der Waals surface area contributed by atoms with Gasteiger partial charge < -0.3 is 0 Å². The molecule has 0 fully saturated rings. The Balaban J connectivity index is 2.04. The Hall–Kier alpha value is -1.45. The number of halogens is 1. The Kier molecular flexibility index (Phi) is 2.79. The largest absolute Gasteiger partial charge is 0.262 e. The minimum Gasteiger partial charge on any atom is -0.262 e. The number of rotatable bonds is 2. The third-order valence-corrected chi connectivity index (χ3v) is 4.20. The van der Waals surface area contributed by atoms with E-state index < -0.39 is 0 Å². The van der Waals surface area contributed by atoms with Crippen molar-refractivity contribution in [3.05, 3.63) is 59.4 Å². The summed E-state index contributed by atoms with van der Waals surface area (Å²) < 4.78 is 1.12. The normalized spacial score (nSPS) is 12.8. The van der Waals surface area contributed by atoms with Crippen molar-refractivity contribution in [3.8, 4) is 0 Å². The molecule has 1 unspecified atom stereocenters. The van der Waals surface area contributed by atoms with Gasteiger partial charge in [0, 0.05) is 6.20 Å². The average molecular weight is 261 g/mol. The molecule has 0 radical (unpaired) electrons. The standard InChI is InChI=1S/C13H9ClN2S/c14-12(9-4-2-1-3-5-9)13-16-10-8-15-7-6-11(10)17-13/h1-8,12H. The highest BCUT2D eigenvalue weighted by Crippen LogP contribution is 2.33. The molecule has 0 bridgehead atoms. The molecular weight excluding hydrogens is 252 g/mol. The number of hydrogen-bond donors (Lipinski definition) is 0. The summed E-state index contributed by atoms with van der Waals surface area (Å²) in [5.74, 6) is 0. The SMILES string of the molecule is ClC(c1ccccc1)c1nc2cnccc2s1. The van der Waals surface area contributed by atoms with Gasteiger partial charge in [0.1, 0.15) is 10.4 Å². The summed E-state index contributed by atoms with van der Waals surface area (Å²) in [6, 6.07) is 11.9. The van der Waals surface area contributed by atoms with Gasteiger partial charge in [0.15, 0.2) is 0 Å². The molecule has 0 aliphatic rings. The van der Waals surface area contributed by atoms with Crippen LogP contribution in [0.1, 0.15) is 15.9 Å². The van der Waals surface area contributed by atoms with Gasteiger partial charge in [0.2, 0.25) is 0 Å². The zero-order valence-electron chi connectivity index (χ0n) is 8.88. The third kappa shape index (κ3) is 2.04.